The van der Waals surface area contributed by atoms with Gasteiger partial charge in [0.15, 0.2) is 5.78 Å². The predicted molar refractivity (Wildman–Crippen MR) is 45.8 cm³/mol. The van der Waals surface area contributed by atoms with Crippen molar-refractivity contribution in [2.45, 2.75) is 20.3 Å². The minimum Gasteiger partial charge on any atom is -0.294 e. The van der Waals surface area contributed by atoms with Gasteiger partial charge < -0.3 is 0 Å². The van der Waals surface area contributed by atoms with Gasteiger partial charge in [0.2, 0.25) is 0 Å². The standard InChI is InChI=1S/C10H11FO/c1-3-9(12)8-6-4-5-7(2)10(8)11/h4-6H,3H2,1-2H3. The highest BCUT2D eigenvalue weighted by molar-refractivity contribution is 5.96. The lowest BCUT2D eigenvalue weighted by Gasteiger charge is -2.01. The summed E-state index contributed by atoms with van der Waals surface area (Å²) in [5.74, 6) is -0.527. The molecule has 0 heterocycles. The van der Waals surface area contributed by atoms with Gasteiger partial charge in [-0.2, -0.15) is 0 Å². The molecule has 0 aliphatic carbocycles. The normalized spacial score (nSPS) is 9.92. The molecule has 0 aliphatic heterocycles. The summed E-state index contributed by atoms with van der Waals surface area (Å²) in [7, 11) is 0. The third-order valence-electron chi connectivity index (χ3n) is 1.81. The van der Waals surface area contributed by atoms with Gasteiger partial charge in [-0.1, -0.05) is 19.1 Å². The van der Waals surface area contributed by atoms with Crippen LogP contribution in [0.25, 0.3) is 0 Å². The van der Waals surface area contributed by atoms with Crippen LogP contribution >= 0.6 is 0 Å². The van der Waals surface area contributed by atoms with Gasteiger partial charge in [0.1, 0.15) is 5.82 Å². The summed E-state index contributed by atoms with van der Waals surface area (Å²) in [6.07, 6.45) is 0.348. The molecule has 0 atom stereocenters. The van der Waals surface area contributed by atoms with Gasteiger partial charge in [-0.05, 0) is 18.6 Å². The second-order valence-corrected chi connectivity index (χ2v) is 2.71. The lowest BCUT2D eigenvalue weighted by Crippen LogP contribution is -2.01. The number of rotatable bonds is 2. The molecule has 12 heavy (non-hydrogen) atoms. The van der Waals surface area contributed by atoms with Gasteiger partial charge in [-0.15, -0.1) is 0 Å². The van der Waals surface area contributed by atoms with E-state index in [0.717, 1.165) is 0 Å². The molecule has 0 spiro atoms. The Morgan fingerprint density at radius 2 is 2.17 bits per heavy atom. The molecule has 0 saturated heterocycles. The first kappa shape index (κ1) is 8.91. The summed E-state index contributed by atoms with van der Waals surface area (Å²) in [5.41, 5.74) is 0.729. The van der Waals surface area contributed by atoms with E-state index in [1.165, 1.54) is 6.07 Å². The first-order valence-corrected chi connectivity index (χ1v) is 3.95. The van der Waals surface area contributed by atoms with Crippen LogP contribution in [0.5, 0.6) is 0 Å². The number of aryl methyl sites for hydroxylation is 1. The highest BCUT2D eigenvalue weighted by Crippen LogP contribution is 2.13. The molecule has 1 nitrogen and oxygen atoms in total. The van der Waals surface area contributed by atoms with Crippen molar-refractivity contribution >= 4 is 5.78 Å². The summed E-state index contributed by atoms with van der Waals surface area (Å²) in [6, 6.07) is 4.87. The van der Waals surface area contributed by atoms with E-state index in [4.69, 9.17) is 0 Å². The molecule has 0 radical (unpaired) electrons. The van der Waals surface area contributed by atoms with Crippen molar-refractivity contribution < 1.29 is 9.18 Å². The van der Waals surface area contributed by atoms with E-state index in [1.807, 2.05) is 0 Å². The van der Waals surface area contributed by atoms with Gasteiger partial charge in [-0.25, -0.2) is 4.39 Å². The van der Waals surface area contributed by atoms with Crippen LogP contribution in [0, 0.1) is 12.7 Å². The summed E-state index contributed by atoms with van der Waals surface area (Å²) in [4.78, 5) is 11.1. The number of hydrogen-bond donors (Lipinski definition) is 0. The summed E-state index contributed by atoms with van der Waals surface area (Å²) in [6.45, 7) is 3.38. The average Bonchev–Trinajstić information content (AvgIpc) is 2.08. The zero-order valence-electron chi connectivity index (χ0n) is 7.23. The van der Waals surface area contributed by atoms with Gasteiger partial charge in [0.25, 0.3) is 0 Å². The molecular weight excluding hydrogens is 155 g/mol. The Morgan fingerprint density at radius 1 is 1.50 bits per heavy atom. The molecule has 0 aliphatic rings. The van der Waals surface area contributed by atoms with Crippen LogP contribution in [-0.2, 0) is 0 Å². The zero-order valence-corrected chi connectivity index (χ0v) is 7.23. The molecule has 1 aromatic carbocycles. The zero-order chi connectivity index (χ0) is 9.14. The number of Topliss-reactive ketones (excluding diaryl/α,β-unsaturated/α-hetero) is 1. The molecule has 0 amide bonds. The maximum absolute atomic E-state index is 13.2. The molecule has 0 aromatic heterocycles. The topological polar surface area (TPSA) is 17.1 Å². The Labute approximate surface area is 71.2 Å². The number of ketones is 1. The third-order valence-corrected chi connectivity index (χ3v) is 1.81. The summed E-state index contributed by atoms with van der Waals surface area (Å²) >= 11 is 0. The van der Waals surface area contributed by atoms with Crippen LogP contribution in [0.1, 0.15) is 29.3 Å². The highest BCUT2D eigenvalue weighted by Gasteiger charge is 2.10. The maximum Gasteiger partial charge on any atom is 0.165 e. The second kappa shape index (κ2) is 3.48. The minimum absolute atomic E-state index is 0.142. The molecule has 1 aromatic rings. The number of halogens is 1. The van der Waals surface area contributed by atoms with Gasteiger partial charge >= 0.3 is 0 Å². The quantitative estimate of drug-likeness (QED) is 0.617. The van der Waals surface area contributed by atoms with Crippen molar-refractivity contribution in [2.24, 2.45) is 0 Å². The molecule has 0 saturated carbocycles. The molecule has 0 bridgehead atoms. The Kier molecular flexibility index (Phi) is 2.58. The van der Waals surface area contributed by atoms with E-state index in [1.54, 1.807) is 26.0 Å². The Balaban J connectivity index is 3.16. The van der Waals surface area contributed by atoms with Crippen LogP contribution < -0.4 is 0 Å². The third kappa shape index (κ3) is 1.52. The van der Waals surface area contributed by atoms with E-state index in [-0.39, 0.29) is 17.2 Å². The van der Waals surface area contributed by atoms with Crippen LogP contribution in [0.4, 0.5) is 4.39 Å². The SMILES string of the molecule is CCC(=O)c1cccc(C)c1F. The largest absolute Gasteiger partial charge is 0.294 e. The highest BCUT2D eigenvalue weighted by atomic mass is 19.1. The summed E-state index contributed by atoms with van der Waals surface area (Å²) in [5, 5.41) is 0. The van der Waals surface area contributed by atoms with Crippen molar-refractivity contribution in [2.75, 3.05) is 0 Å². The fourth-order valence-electron chi connectivity index (χ4n) is 1.05. The second-order valence-electron chi connectivity index (χ2n) is 2.71. The molecule has 0 unspecified atom stereocenters. The van der Waals surface area contributed by atoms with Crippen molar-refractivity contribution in [3.63, 3.8) is 0 Å². The fourth-order valence-corrected chi connectivity index (χ4v) is 1.05. The van der Waals surface area contributed by atoms with Crippen molar-refractivity contribution in [1.82, 2.24) is 0 Å². The maximum atomic E-state index is 13.2. The lowest BCUT2D eigenvalue weighted by molar-refractivity contribution is 0.0984. The van der Waals surface area contributed by atoms with E-state index >= 15 is 0 Å². The molecule has 2 heteroatoms. The molecule has 64 valence electrons. The number of hydrogen-bond acceptors (Lipinski definition) is 1. The van der Waals surface area contributed by atoms with Crippen LogP contribution in [-0.4, -0.2) is 5.78 Å². The van der Waals surface area contributed by atoms with Crippen molar-refractivity contribution in [3.8, 4) is 0 Å². The molecule has 0 fully saturated rings. The Hall–Kier alpha value is -1.18. The lowest BCUT2D eigenvalue weighted by atomic mass is 10.1. The molecule has 1 rings (SSSR count). The smallest absolute Gasteiger partial charge is 0.165 e. The average molecular weight is 166 g/mol. The fraction of sp³-hybridized carbons (Fsp3) is 0.300. The first-order valence-electron chi connectivity index (χ1n) is 3.95. The Morgan fingerprint density at radius 3 is 2.75 bits per heavy atom. The van der Waals surface area contributed by atoms with Crippen LogP contribution in [0.15, 0.2) is 18.2 Å². The number of carbonyl (C=O) groups excluding carboxylic acids is 1. The van der Waals surface area contributed by atoms with Crippen LogP contribution in [0.3, 0.4) is 0 Å². The molecular formula is C10H11FO. The predicted octanol–water partition coefficient (Wildman–Crippen LogP) is 2.73. The van der Waals surface area contributed by atoms with Crippen molar-refractivity contribution in [1.29, 1.82) is 0 Å². The monoisotopic (exact) mass is 166 g/mol. The molecule has 0 N–H and O–H groups in total. The van der Waals surface area contributed by atoms with Gasteiger partial charge in [-0.3, -0.25) is 4.79 Å². The van der Waals surface area contributed by atoms with Gasteiger partial charge in [0, 0.05) is 6.42 Å². The first-order chi connectivity index (χ1) is 5.66. The summed E-state index contributed by atoms with van der Waals surface area (Å²) < 4.78 is 13.2. The van der Waals surface area contributed by atoms with Gasteiger partial charge in [0.05, 0.1) is 5.56 Å². The van der Waals surface area contributed by atoms with E-state index in [0.29, 0.717) is 12.0 Å². The van der Waals surface area contributed by atoms with E-state index in [9.17, 15) is 9.18 Å². The van der Waals surface area contributed by atoms with Crippen molar-refractivity contribution in [3.05, 3.63) is 35.1 Å². The van der Waals surface area contributed by atoms with E-state index in [2.05, 4.69) is 0 Å². The van der Waals surface area contributed by atoms with E-state index < -0.39 is 0 Å². The Bertz CT molecular complexity index is 305. The number of benzene rings is 1. The minimum atomic E-state index is -0.385. The number of carbonyl (C=O) groups is 1. The van der Waals surface area contributed by atoms with Crippen LogP contribution in [0.2, 0.25) is 0 Å².